The molecule has 0 amide bonds. The van der Waals surface area contributed by atoms with Crippen molar-refractivity contribution in [3.05, 3.63) is 12.2 Å². The maximum atomic E-state index is 2.35. The van der Waals surface area contributed by atoms with Gasteiger partial charge in [-0.15, -0.1) is 0 Å². The minimum Gasteiger partial charge on any atom is -0.0871 e. The molecule has 0 saturated heterocycles. The third-order valence-electron chi connectivity index (χ3n) is 2.21. The largest absolute Gasteiger partial charge is 0.0871 e. The van der Waals surface area contributed by atoms with Crippen molar-refractivity contribution in [1.29, 1.82) is 0 Å². The number of allylic oxidation sites excluding steroid dienone is 2. The van der Waals surface area contributed by atoms with E-state index >= 15 is 0 Å². The lowest BCUT2D eigenvalue weighted by molar-refractivity contribution is 0.347. The van der Waals surface area contributed by atoms with E-state index < -0.39 is 0 Å². The highest BCUT2D eigenvalue weighted by molar-refractivity contribution is 5.10. The van der Waals surface area contributed by atoms with Crippen molar-refractivity contribution in [3.8, 4) is 0 Å². The van der Waals surface area contributed by atoms with Crippen LogP contribution in [0.25, 0.3) is 0 Å². The van der Waals surface area contributed by atoms with E-state index in [0.717, 1.165) is 0 Å². The van der Waals surface area contributed by atoms with E-state index in [4.69, 9.17) is 0 Å². The predicted molar refractivity (Wildman–Crippen MR) is 41.4 cm³/mol. The van der Waals surface area contributed by atoms with Crippen LogP contribution in [-0.4, -0.2) is 0 Å². The minimum atomic E-state index is 0.593. The summed E-state index contributed by atoms with van der Waals surface area (Å²) in [5.41, 5.74) is 0.593. The molecule has 0 aromatic heterocycles. The molecule has 0 aliphatic heterocycles. The van der Waals surface area contributed by atoms with E-state index in [9.17, 15) is 0 Å². The van der Waals surface area contributed by atoms with Gasteiger partial charge in [0, 0.05) is 0 Å². The third kappa shape index (κ3) is 1.57. The molecule has 0 fully saturated rings. The number of rotatable bonds is 3. The highest BCUT2D eigenvalue weighted by Gasteiger charge is 2.23. The van der Waals surface area contributed by atoms with Crippen molar-refractivity contribution in [2.45, 2.75) is 39.5 Å². The smallest absolute Gasteiger partial charge is 0.0112 e. The summed E-state index contributed by atoms with van der Waals surface area (Å²) in [6, 6.07) is 0. The molecule has 1 rings (SSSR count). The molecule has 1 atom stereocenters. The number of hydrogen-bond acceptors (Lipinski definition) is 0. The molecule has 0 heteroatoms. The van der Waals surface area contributed by atoms with Crippen LogP contribution in [0.1, 0.15) is 39.5 Å². The maximum Gasteiger partial charge on any atom is -0.0112 e. The first kappa shape index (κ1) is 6.85. The van der Waals surface area contributed by atoms with Crippen LogP contribution < -0.4 is 0 Å². The van der Waals surface area contributed by atoms with E-state index in [-0.39, 0.29) is 0 Å². The van der Waals surface area contributed by atoms with Gasteiger partial charge >= 0.3 is 0 Å². The van der Waals surface area contributed by atoms with Crippen LogP contribution in [0, 0.1) is 5.41 Å². The Hall–Kier alpha value is -0.260. The highest BCUT2D eigenvalue weighted by atomic mass is 14.3. The van der Waals surface area contributed by atoms with Crippen LogP contribution in [0.3, 0.4) is 0 Å². The van der Waals surface area contributed by atoms with Crippen molar-refractivity contribution >= 4 is 0 Å². The van der Waals surface area contributed by atoms with Crippen LogP contribution in [0.2, 0.25) is 0 Å². The van der Waals surface area contributed by atoms with Gasteiger partial charge in [0.25, 0.3) is 0 Å². The molecule has 0 saturated carbocycles. The Kier molecular flexibility index (Phi) is 1.94. The van der Waals surface area contributed by atoms with Gasteiger partial charge in [-0.3, -0.25) is 0 Å². The zero-order valence-corrected chi connectivity index (χ0v) is 6.48. The second kappa shape index (κ2) is 2.55. The molecular weight excluding hydrogens is 108 g/mol. The van der Waals surface area contributed by atoms with Gasteiger partial charge in [-0.2, -0.15) is 0 Å². The fourth-order valence-corrected chi connectivity index (χ4v) is 1.29. The number of unbranched alkanes of at least 4 members (excludes halogenated alkanes) is 1. The monoisotopic (exact) mass is 124 g/mol. The fourth-order valence-electron chi connectivity index (χ4n) is 1.29. The molecule has 1 aliphatic rings. The summed E-state index contributed by atoms with van der Waals surface area (Å²) in [6.07, 6.45) is 10.1. The van der Waals surface area contributed by atoms with Crippen molar-refractivity contribution in [2.75, 3.05) is 0 Å². The van der Waals surface area contributed by atoms with Gasteiger partial charge < -0.3 is 0 Å². The lowest BCUT2D eigenvalue weighted by atomic mass is 9.74. The summed E-state index contributed by atoms with van der Waals surface area (Å²) in [5.74, 6) is 0. The number of hydrogen-bond donors (Lipinski definition) is 0. The first-order chi connectivity index (χ1) is 4.27. The second-order valence-electron chi connectivity index (χ2n) is 3.36. The standard InChI is InChI=1S/C9H16/c1-3-4-6-9(2)7-5-8-9/h5,7H,3-4,6,8H2,1-2H3. The lowest BCUT2D eigenvalue weighted by Gasteiger charge is -2.31. The summed E-state index contributed by atoms with van der Waals surface area (Å²) in [5, 5.41) is 0. The van der Waals surface area contributed by atoms with E-state index in [0.29, 0.717) is 5.41 Å². The zero-order chi connectivity index (χ0) is 6.74. The van der Waals surface area contributed by atoms with E-state index in [1.807, 2.05) is 0 Å². The maximum absolute atomic E-state index is 2.35. The van der Waals surface area contributed by atoms with E-state index in [1.165, 1.54) is 25.7 Å². The molecule has 0 N–H and O–H groups in total. The Morgan fingerprint density at radius 2 is 2.22 bits per heavy atom. The minimum absolute atomic E-state index is 0.593. The zero-order valence-electron chi connectivity index (χ0n) is 6.48. The Morgan fingerprint density at radius 1 is 1.56 bits per heavy atom. The van der Waals surface area contributed by atoms with Crippen LogP contribution in [-0.2, 0) is 0 Å². The van der Waals surface area contributed by atoms with Gasteiger partial charge in [-0.1, -0.05) is 38.8 Å². The second-order valence-corrected chi connectivity index (χ2v) is 3.36. The topological polar surface area (TPSA) is 0 Å². The van der Waals surface area contributed by atoms with Crippen molar-refractivity contribution in [1.82, 2.24) is 0 Å². The SMILES string of the molecule is CCCCC1(C)C=CC1. The predicted octanol–water partition coefficient (Wildman–Crippen LogP) is 3.14. The van der Waals surface area contributed by atoms with Crippen molar-refractivity contribution in [3.63, 3.8) is 0 Å². The Bertz CT molecular complexity index is 113. The molecule has 0 aromatic carbocycles. The molecule has 52 valence electrons. The van der Waals surface area contributed by atoms with Crippen LogP contribution in [0.15, 0.2) is 12.2 Å². The van der Waals surface area contributed by atoms with Gasteiger partial charge in [0.15, 0.2) is 0 Å². The molecule has 0 heterocycles. The van der Waals surface area contributed by atoms with Crippen molar-refractivity contribution < 1.29 is 0 Å². The third-order valence-corrected chi connectivity index (χ3v) is 2.21. The van der Waals surface area contributed by atoms with Gasteiger partial charge in [0.05, 0.1) is 0 Å². The van der Waals surface area contributed by atoms with E-state index in [2.05, 4.69) is 26.0 Å². The van der Waals surface area contributed by atoms with E-state index in [1.54, 1.807) is 0 Å². The van der Waals surface area contributed by atoms with Crippen LogP contribution in [0.5, 0.6) is 0 Å². The Morgan fingerprint density at radius 3 is 2.56 bits per heavy atom. The molecule has 1 aliphatic carbocycles. The van der Waals surface area contributed by atoms with Crippen LogP contribution in [0.4, 0.5) is 0 Å². The summed E-state index contributed by atoms with van der Waals surface area (Å²) >= 11 is 0. The molecule has 0 bridgehead atoms. The van der Waals surface area contributed by atoms with Gasteiger partial charge in [0.1, 0.15) is 0 Å². The van der Waals surface area contributed by atoms with Crippen molar-refractivity contribution in [2.24, 2.45) is 5.41 Å². The first-order valence-corrected chi connectivity index (χ1v) is 3.94. The average Bonchev–Trinajstić information content (AvgIpc) is 1.79. The summed E-state index contributed by atoms with van der Waals surface area (Å²) in [7, 11) is 0. The van der Waals surface area contributed by atoms with Gasteiger partial charge in [0.2, 0.25) is 0 Å². The quantitative estimate of drug-likeness (QED) is 0.507. The average molecular weight is 124 g/mol. The van der Waals surface area contributed by atoms with Gasteiger partial charge in [-0.05, 0) is 18.3 Å². The molecule has 9 heavy (non-hydrogen) atoms. The fraction of sp³-hybridized carbons (Fsp3) is 0.778. The molecule has 0 spiro atoms. The summed E-state index contributed by atoms with van der Waals surface area (Å²) < 4.78 is 0. The Labute approximate surface area is 58.0 Å². The normalized spacial score (nSPS) is 32.2. The first-order valence-electron chi connectivity index (χ1n) is 3.94. The summed E-state index contributed by atoms with van der Waals surface area (Å²) in [4.78, 5) is 0. The summed E-state index contributed by atoms with van der Waals surface area (Å²) in [6.45, 7) is 4.61. The molecule has 0 aromatic rings. The molecule has 1 unspecified atom stereocenters. The Balaban J connectivity index is 2.19. The molecule has 0 radical (unpaired) electrons. The molecule has 0 nitrogen and oxygen atoms in total. The molecular formula is C9H16. The lowest BCUT2D eigenvalue weighted by Crippen LogP contribution is -2.18. The van der Waals surface area contributed by atoms with Gasteiger partial charge in [-0.25, -0.2) is 0 Å². The van der Waals surface area contributed by atoms with Crippen LogP contribution >= 0.6 is 0 Å². The highest BCUT2D eigenvalue weighted by Crippen LogP contribution is 2.37.